The van der Waals surface area contributed by atoms with Crippen molar-refractivity contribution in [2.45, 2.75) is 18.3 Å². The number of carbonyl (C=O) groups is 1. The Morgan fingerprint density at radius 1 is 1.73 bits per heavy atom. The zero-order valence-corrected chi connectivity index (χ0v) is 5.80. The molecule has 11 heavy (non-hydrogen) atoms. The van der Waals surface area contributed by atoms with Gasteiger partial charge in [0.25, 0.3) is 0 Å². The van der Waals surface area contributed by atoms with Crippen LogP contribution in [0, 0.1) is 0 Å². The van der Waals surface area contributed by atoms with Crippen molar-refractivity contribution in [1.29, 1.82) is 0 Å². The molecule has 1 fully saturated rings. The zero-order chi connectivity index (χ0) is 8.43. The highest BCUT2D eigenvalue weighted by molar-refractivity contribution is 5.86. The van der Waals surface area contributed by atoms with Crippen LogP contribution < -0.4 is 0 Å². The molecule has 5 nitrogen and oxygen atoms in total. The van der Waals surface area contributed by atoms with E-state index >= 15 is 0 Å². The van der Waals surface area contributed by atoms with Gasteiger partial charge in [0.15, 0.2) is 5.78 Å². The van der Waals surface area contributed by atoms with E-state index in [2.05, 4.69) is 0 Å². The van der Waals surface area contributed by atoms with E-state index in [1.807, 2.05) is 0 Å². The van der Waals surface area contributed by atoms with Crippen molar-refractivity contribution in [3.05, 3.63) is 0 Å². The second-order valence-electron chi connectivity index (χ2n) is 2.44. The number of rotatable bonds is 2. The molecule has 1 saturated heterocycles. The average Bonchev–Trinajstić information content (AvgIpc) is 2.32. The largest absolute Gasteiger partial charge is 0.394 e. The molecule has 0 saturated carbocycles. The Morgan fingerprint density at radius 2 is 2.36 bits per heavy atom. The molecule has 0 radical (unpaired) electrons. The molecule has 0 aliphatic carbocycles. The van der Waals surface area contributed by atoms with Gasteiger partial charge in [-0.2, -0.15) is 0 Å². The molecule has 0 unspecified atom stereocenters. The van der Waals surface area contributed by atoms with Crippen LogP contribution in [-0.2, 0) is 9.53 Å². The summed E-state index contributed by atoms with van der Waals surface area (Å²) >= 11 is 0. The Bertz CT molecular complexity index is 157. The molecule has 0 aromatic carbocycles. The number of ether oxygens (including phenoxy) is 1. The van der Waals surface area contributed by atoms with Gasteiger partial charge >= 0.3 is 0 Å². The van der Waals surface area contributed by atoms with Gasteiger partial charge in [0.05, 0.1) is 6.61 Å². The van der Waals surface area contributed by atoms with Crippen molar-refractivity contribution < 1.29 is 24.9 Å². The monoisotopic (exact) mass is 162 g/mol. The van der Waals surface area contributed by atoms with Gasteiger partial charge in [0.2, 0.25) is 0 Å². The number of aliphatic hydroxyl groups excluding tert-OH is 3. The molecule has 0 aromatic heterocycles. The number of carbonyl (C=O) groups excluding carboxylic acids is 1. The summed E-state index contributed by atoms with van der Waals surface area (Å²) in [5.41, 5.74) is 0. The molecule has 0 aromatic rings. The molecular formula is C6H10O5. The highest BCUT2D eigenvalue weighted by Crippen LogP contribution is 2.13. The second kappa shape index (κ2) is 3.27. The van der Waals surface area contributed by atoms with Gasteiger partial charge in [-0.15, -0.1) is 0 Å². The van der Waals surface area contributed by atoms with Crippen molar-refractivity contribution in [3.8, 4) is 0 Å². The summed E-state index contributed by atoms with van der Waals surface area (Å²) < 4.78 is 4.72. The van der Waals surface area contributed by atoms with Gasteiger partial charge in [0.1, 0.15) is 24.9 Å². The molecule has 1 aliphatic rings. The van der Waals surface area contributed by atoms with Crippen molar-refractivity contribution in [3.63, 3.8) is 0 Å². The number of hydrogen-bond acceptors (Lipinski definition) is 5. The first kappa shape index (κ1) is 8.61. The van der Waals surface area contributed by atoms with E-state index in [0.717, 1.165) is 0 Å². The standard InChI is InChI=1S/C6H10O5/c7-1-3(8)6-5(10)4(9)2-11-6/h3,5-8,10H,1-2H2/t3-,5-,6+/m1/s1. The lowest BCUT2D eigenvalue weighted by atomic mass is 10.1. The number of ketones is 1. The summed E-state index contributed by atoms with van der Waals surface area (Å²) in [6, 6.07) is 0. The van der Waals surface area contributed by atoms with Crippen molar-refractivity contribution in [1.82, 2.24) is 0 Å². The van der Waals surface area contributed by atoms with Crippen molar-refractivity contribution in [2.24, 2.45) is 0 Å². The summed E-state index contributed by atoms with van der Waals surface area (Å²) in [5.74, 6) is -0.456. The zero-order valence-electron chi connectivity index (χ0n) is 5.80. The van der Waals surface area contributed by atoms with Crippen LogP contribution in [-0.4, -0.2) is 52.6 Å². The van der Waals surface area contributed by atoms with E-state index in [4.69, 9.17) is 20.1 Å². The minimum Gasteiger partial charge on any atom is -0.394 e. The summed E-state index contributed by atoms with van der Waals surface area (Å²) in [6.07, 6.45) is -3.44. The van der Waals surface area contributed by atoms with Gasteiger partial charge in [-0.05, 0) is 0 Å². The minimum absolute atomic E-state index is 0.192. The van der Waals surface area contributed by atoms with Gasteiger partial charge in [0, 0.05) is 0 Å². The van der Waals surface area contributed by atoms with Crippen molar-refractivity contribution in [2.75, 3.05) is 13.2 Å². The molecule has 5 heteroatoms. The summed E-state index contributed by atoms with van der Waals surface area (Å²) in [7, 11) is 0. The first-order valence-corrected chi connectivity index (χ1v) is 3.28. The molecule has 0 amide bonds. The van der Waals surface area contributed by atoms with Gasteiger partial charge < -0.3 is 20.1 Å². The number of hydrogen-bond donors (Lipinski definition) is 3. The molecule has 64 valence electrons. The van der Waals surface area contributed by atoms with Crippen LogP contribution in [0.4, 0.5) is 0 Å². The Kier molecular flexibility index (Phi) is 2.56. The Balaban J connectivity index is 2.54. The molecular weight excluding hydrogens is 152 g/mol. The second-order valence-corrected chi connectivity index (χ2v) is 2.44. The minimum atomic E-state index is -1.29. The predicted molar refractivity (Wildman–Crippen MR) is 33.8 cm³/mol. The Labute approximate surface area is 63.2 Å². The van der Waals surface area contributed by atoms with E-state index in [-0.39, 0.29) is 6.61 Å². The fraction of sp³-hybridized carbons (Fsp3) is 0.833. The quantitative estimate of drug-likeness (QED) is 0.424. The number of aliphatic hydroxyl groups is 3. The maximum atomic E-state index is 10.6. The van der Waals surface area contributed by atoms with Crippen LogP contribution in [0.15, 0.2) is 0 Å². The SMILES string of the molecule is O=C1CO[C@@H]([C@H](O)CO)[C@@H]1O. The van der Waals surface area contributed by atoms with Crippen LogP contribution in [0.3, 0.4) is 0 Å². The Hall–Kier alpha value is -0.490. The molecule has 3 atom stereocenters. The maximum absolute atomic E-state index is 10.6. The highest BCUT2D eigenvalue weighted by Gasteiger charge is 2.38. The van der Waals surface area contributed by atoms with E-state index < -0.39 is 30.7 Å². The molecule has 3 N–H and O–H groups in total. The third kappa shape index (κ3) is 1.57. The van der Waals surface area contributed by atoms with E-state index in [1.165, 1.54) is 0 Å². The maximum Gasteiger partial charge on any atom is 0.189 e. The normalized spacial score (nSPS) is 34.3. The predicted octanol–water partition coefficient (Wildman–Crippen LogP) is -2.33. The van der Waals surface area contributed by atoms with Gasteiger partial charge in [-0.25, -0.2) is 0 Å². The molecule has 1 aliphatic heterocycles. The van der Waals surface area contributed by atoms with Crippen LogP contribution in [0.2, 0.25) is 0 Å². The van der Waals surface area contributed by atoms with Crippen LogP contribution >= 0.6 is 0 Å². The molecule has 0 bridgehead atoms. The lowest BCUT2D eigenvalue weighted by molar-refractivity contribution is -0.124. The summed E-state index contributed by atoms with van der Waals surface area (Å²) in [5, 5.41) is 26.4. The fourth-order valence-corrected chi connectivity index (χ4v) is 0.963. The summed E-state index contributed by atoms with van der Waals surface area (Å²) in [6.45, 7) is -0.710. The van der Waals surface area contributed by atoms with E-state index in [0.29, 0.717) is 0 Å². The lowest BCUT2D eigenvalue weighted by Gasteiger charge is -2.16. The van der Waals surface area contributed by atoms with Crippen LogP contribution in [0.5, 0.6) is 0 Å². The van der Waals surface area contributed by atoms with Crippen LogP contribution in [0.25, 0.3) is 0 Å². The van der Waals surface area contributed by atoms with Crippen molar-refractivity contribution >= 4 is 5.78 Å². The van der Waals surface area contributed by atoms with E-state index in [1.54, 1.807) is 0 Å². The molecule has 0 spiro atoms. The fourth-order valence-electron chi connectivity index (χ4n) is 0.963. The van der Waals surface area contributed by atoms with Gasteiger partial charge in [-0.3, -0.25) is 4.79 Å². The van der Waals surface area contributed by atoms with Gasteiger partial charge in [-0.1, -0.05) is 0 Å². The molecule has 1 heterocycles. The topological polar surface area (TPSA) is 87.0 Å². The van der Waals surface area contributed by atoms with Crippen LogP contribution in [0.1, 0.15) is 0 Å². The first-order valence-electron chi connectivity index (χ1n) is 3.28. The third-order valence-electron chi connectivity index (χ3n) is 1.63. The average molecular weight is 162 g/mol. The Morgan fingerprint density at radius 3 is 2.73 bits per heavy atom. The summed E-state index contributed by atoms with van der Waals surface area (Å²) in [4.78, 5) is 10.6. The first-order chi connectivity index (χ1) is 5.16. The highest BCUT2D eigenvalue weighted by atomic mass is 16.5. The third-order valence-corrected chi connectivity index (χ3v) is 1.63. The smallest absolute Gasteiger partial charge is 0.189 e. The number of Topliss-reactive ketones (excluding diaryl/α,β-unsaturated/α-hetero) is 1. The lowest BCUT2D eigenvalue weighted by Crippen LogP contribution is -2.38. The van der Waals surface area contributed by atoms with E-state index in [9.17, 15) is 4.79 Å². The molecule has 1 rings (SSSR count).